The Balaban J connectivity index is 1.92. The normalized spacial score (nSPS) is 14.8. The lowest BCUT2D eigenvalue weighted by atomic mass is 10.0. The second kappa shape index (κ2) is 14.2. The van der Waals surface area contributed by atoms with Crippen LogP contribution in [0.2, 0.25) is 0 Å². The van der Waals surface area contributed by atoms with Crippen LogP contribution >= 0.6 is 0 Å². The summed E-state index contributed by atoms with van der Waals surface area (Å²) in [5.74, 6) is -7.01. The third-order valence-corrected chi connectivity index (χ3v) is 5.77. The molecule has 1 aromatic rings. The van der Waals surface area contributed by atoms with Gasteiger partial charge in [0.05, 0.1) is 4.92 Å². The number of amides is 5. The Kier molecular flexibility index (Phi) is 11.0. The molecule has 4 N–H and O–H groups in total. The number of alkyl carbamates (subject to hydrolysis) is 1. The standard InChI is InChI=1S/C23H26N4O13/c28-17-11-18(29)26(16(21(34)35)8-9-19(30)31)23(37)25(17)15(20(32)33)3-1-2-10-24-22(36)40-12-13-4-6-14(7-5-13)27(38)39/h4-7,15-16H,1-3,8-12H2,(H,24,36)(H,30,31)(H,32,33)(H,34,35)/t15-,16-/m0/s1. The zero-order valence-electron chi connectivity index (χ0n) is 20.9. The van der Waals surface area contributed by atoms with E-state index < -0.39 is 78.1 Å². The number of nitro benzene ring substituents is 1. The fraction of sp³-hybridized carbons (Fsp3) is 0.435. The Morgan fingerprint density at radius 1 is 0.925 bits per heavy atom. The number of hydrogen-bond acceptors (Lipinski definition) is 10. The predicted molar refractivity (Wildman–Crippen MR) is 129 cm³/mol. The van der Waals surface area contributed by atoms with Crippen LogP contribution in [0, 0.1) is 10.1 Å². The van der Waals surface area contributed by atoms with Crippen LogP contribution in [0.25, 0.3) is 0 Å². The second-order valence-electron chi connectivity index (χ2n) is 8.55. The molecule has 0 bridgehead atoms. The van der Waals surface area contributed by atoms with Crippen LogP contribution in [0.1, 0.15) is 44.1 Å². The topological polar surface area (TPSA) is 251 Å². The molecule has 0 saturated carbocycles. The number of hydrogen-bond donors (Lipinski definition) is 4. The van der Waals surface area contributed by atoms with Crippen molar-refractivity contribution >= 4 is 47.5 Å². The second-order valence-corrected chi connectivity index (χ2v) is 8.55. The number of nitrogens with one attached hydrogen (secondary N) is 1. The van der Waals surface area contributed by atoms with Crippen LogP contribution in [0.4, 0.5) is 15.3 Å². The molecule has 0 aliphatic carbocycles. The molecule has 5 amide bonds. The van der Waals surface area contributed by atoms with Crippen molar-refractivity contribution in [1.82, 2.24) is 15.1 Å². The van der Waals surface area contributed by atoms with E-state index in [0.29, 0.717) is 5.56 Å². The van der Waals surface area contributed by atoms with Gasteiger partial charge in [0.1, 0.15) is 25.1 Å². The number of urea groups is 1. The summed E-state index contributed by atoms with van der Waals surface area (Å²) < 4.78 is 4.98. The Hall–Kier alpha value is -5.09. The lowest BCUT2D eigenvalue weighted by Gasteiger charge is -2.38. The van der Waals surface area contributed by atoms with Crippen molar-refractivity contribution in [1.29, 1.82) is 0 Å². The van der Waals surface area contributed by atoms with Gasteiger partial charge in [-0.25, -0.2) is 29.0 Å². The minimum absolute atomic E-state index is 0.0220. The van der Waals surface area contributed by atoms with E-state index in [-0.39, 0.29) is 47.9 Å². The molecule has 0 unspecified atom stereocenters. The number of carboxylic acid groups (broad SMARTS) is 3. The van der Waals surface area contributed by atoms with E-state index in [1.165, 1.54) is 24.3 Å². The van der Waals surface area contributed by atoms with E-state index in [1.54, 1.807) is 0 Å². The molecule has 2 rings (SSSR count). The monoisotopic (exact) mass is 566 g/mol. The number of carbonyl (C=O) groups excluding carboxylic acids is 4. The number of barbiturate groups is 1. The van der Waals surface area contributed by atoms with Gasteiger partial charge in [-0.3, -0.25) is 24.5 Å². The highest BCUT2D eigenvalue weighted by Gasteiger charge is 2.48. The Morgan fingerprint density at radius 3 is 1.98 bits per heavy atom. The van der Waals surface area contributed by atoms with E-state index in [4.69, 9.17) is 9.84 Å². The molecule has 1 aromatic carbocycles. The molecule has 1 heterocycles. The van der Waals surface area contributed by atoms with Crippen LogP contribution in [-0.2, 0) is 35.3 Å². The number of carboxylic acids is 3. The number of nitrogens with zero attached hydrogens (tertiary/aromatic N) is 3. The zero-order valence-corrected chi connectivity index (χ0v) is 20.9. The van der Waals surface area contributed by atoms with Gasteiger partial charge in [0.2, 0.25) is 11.8 Å². The van der Waals surface area contributed by atoms with Crippen LogP contribution in [-0.4, -0.2) is 90.5 Å². The Labute approximate surface area is 225 Å². The molecular weight excluding hydrogens is 540 g/mol. The minimum Gasteiger partial charge on any atom is -0.481 e. The maximum atomic E-state index is 12.9. The fourth-order valence-corrected chi connectivity index (χ4v) is 3.80. The number of rotatable bonds is 15. The van der Waals surface area contributed by atoms with E-state index >= 15 is 0 Å². The molecule has 216 valence electrons. The molecule has 1 aliphatic rings. The van der Waals surface area contributed by atoms with Gasteiger partial charge in [-0.2, -0.15) is 0 Å². The molecule has 2 atom stereocenters. The molecule has 0 radical (unpaired) electrons. The van der Waals surface area contributed by atoms with Gasteiger partial charge in [-0.1, -0.05) is 0 Å². The van der Waals surface area contributed by atoms with Crippen molar-refractivity contribution in [2.45, 2.75) is 57.2 Å². The summed E-state index contributed by atoms with van der Waals surface area (Å²) in [7, 11) is 0. The van der Waals surface area contributed by atoms with Crippen LogP contribution < -0.4 is 5.32 Å². The third kappa shape index (κ3) is 8.47. The molecule has 17 heteroatoms. The van der Waals surface area contributed by atoms with Crippen molar-refractivity contribution in [3.8, 4) is 0 Å². The summed E-state index contributed by atoms with van der Waals surface area (Å²) in [5.41, 5.74) is 0.376. The number of unbranched alkanes of at least 4 members (excludes halogenated alkanes) is 1. The Morgan fingerprint density at radius 2 is 1.48 bits per heavy atom. The molecule has 1 saturated heterocycles. The first-order valence-corrected chi connectivity index (χ1v) is 11.8. The van der Waals surface area contributed by atoms with Gasteiger partial charge in [0.25, 0.3) is 5.69 Å². The largest absolute Gasteiger partial charge is 0.481 e. The van der Waals surface area contributed by atoms with Crippen LogP contribution in [0.3, 0.4) is 0 Å². The Bertz CT molecular complexity index is 1180. The molecular formula is C23H26N4O13. The number of nitro groups is 1. The summed E-state index contributed by atoms with van der Waals surface area (Å²) in [6, 6.07) is 0.196. The van der Waals surface area contributed by atoms with Gasteiger partial charge in [-0.15, -0.1) is 0 Å². The fourth-order valence-electron chi connectivity index (χ4n) is 3.80. The first-order chi connectivity index (χ1) is 18.8. The van der Waals surface area contributed by atoms with Gasteiger partial charge in [0.15, 0.2) is 0 Å². The molecule has 0 spiro atoms. The van der Waals surface area contributed by atoms with Crippen LogP contribution in [0.15, 0.2) is 24.3 Å². The van der Waals surface area contributed by atoms with E-state index in [1.807, 2.05) is 0 Å². The summed E-state index contributed by atoms with van der Waals surface area (Å²) in [6.07, 6.45) is -3.17. The number of non-ortho nitro benzene ring substituents is 1. The van der Waals surface area contributed by atoms with E-state index in [0.717, 1.165) is 0 Å². The van der Waals surface area contributed by atoms with Gasteiger partial charge >= 0.3 is 30.0 Å². The van der Waals surface area contributed by atoms with E-state index in [9.17, 15) is 53.9 Å². The number of aliphatic carboxylic acids is 3. The maximum Gasteiger partial charge on any atom is 0.407 e. The van der Waals surface area contributed by atoms with Crippen molar-refractivity contribution < 1.29 is 58.5 Å². The summed E-state index contributed by atoms with van der Waals surface area (Å²) in [4.78, 5) is 94.5. The lowest BCUT2D eigenvalue weighted by molar-refractivity contribution is -0.384. The van der Waals surface area contributed by atoms with Crippen molar-refractivity contribution in [3.63, 3.8) is 0 Å². The highest BCUT2D eigenvalue weighted by atomic mass is 16.6. The first kappa shape index (κ1) is 31.1. The average Bonchev–Trinajstić information content (AvgIpc) is 2.87. The number of benzene rings is 1. The highest BCUT2D eigenvalue weighted by molar-refractivity contribution is 6.16. The smallest absolute Gasteiger partial charge is 0.407 e. The third-order valence-electron chi connectivity index (χ3n) is 5.77. The number of carbonyl (C=O) groups is 7. The molecule has 40 heavy (non-hydrogen) atoms. The summed E-state index contributed by atoms with van der Waals surface area (Å²) in [6.45, 7) is -0.142. The first-order valence-electron chi connectivity index (χ1n) is 11.8. The molecule has 1 fully saturated rings. The van der Waals surface area contributed by atoms with Gasteiger partial charge < -0.3 is 25.4 Å². The highest BCUT2D eigenvalue weighted by Crippen LogP contribution is 2.23. The van der Waals surface area contributed by atoms with Gasteiger partial charge in [-0.05, 0) is 43.4 Å². The summed E-state index contributed by atoms with van der Waals surface area (Å²) >= 11 is 0. The van der Waals surface area contributed by atoms with Crippen molar-refractivity contribution in [3.05, 3.63) is 39.9 Å². The van der Waals surface area contributed by atoms with Crippen LogP contribution in [0.5, 0.6) is 0 Å². The SMILES string of the molecule is O=C(O)CC[C@@H](C(=O)O)N1C(=O)CC(=O)N([C@@H](CCCCNC(=O)OCc2ccc([N+](=O)[O-])cc2)C(=O)O)C1=O. The lowest BCUT2D eigenvalue weighted by Crippen LogP contribution is -2.63. The predicted octanol–water partition coefficient (Wildman–Crippen LogP) is 0.943. The minimum atomic E-state index is -1.91. The van der Waals surface area contributed by atoms with Gasteiger partial charge in [0, 0.05) is 25.1 Å². The number of ether oxygens (including phenoxy) is 1. The molecule has 17 nitrogen and oxygen atoms in total. The van der Waals surface area contributed by atoms with Crippen molar-refractivity contribution in [2.75, 3.05) is 6.54 Å². The quantitative estimate of drug-likeness (QED) is 0.0999. The number of imide groups is 2. The van der Waals surface area contributed by atoms with E-state index in [2.05, 4.69) is 5.32 Å². The molecule has 0 aromatic heterocycles. The zero-order chi connectivity index (χ0) is 30.0. The van der Waals surface area contributed by atoms with Crippen molar-refractivity contribution in [2.24, 2.45) is 0 Å². The summed E-state index contributed by atoms with van der Waals surface area (Å²) in [5, 5.41) is 41.0. The maximum absolute atomic E-state index is 12.9. The average molecular weight is 566 g/mol. The molecule has 1 aliphatic heterocycles.